The highest BCUT2D eigenvalue weighted by molar-refractivity contribution is 7.22. The zero-order valence-electron chi connectivity index (χ0n) is 9.27. The standard InChI is InChI=1S/C11H12N2O3S/c1-16-5-4-12-11-13-8-3-2-7(10(14)15)6-9(8)17-11/h2-3,6H,4-5H2,1H3,(H,12,13)(H,14,15). The highest BCUT2D eigenvalue weighted by Gasteiger charge is 2.07. The SMILES string of the molecule is COCCNc1nc2ccc(C(=O)O)cc2s1. The molecule has 0 saturated carbocycles. The van der Waals surface area contributed by atoms with Crippen molar-refractivity contribution in [3.05, 3.63) is 23.8 Å². The third-order valence-electron chi connectivity index (χ3n) is 2.22. The molecule has 0 radical (unpaired) electrons. The molecular weight excluding hydrogens is 240 g/mol. The fourth-order valence-corrected chi connectivity index (χ4v) is 2.32. The van der Waals surface area contributed by atoms with E-state index >= 15 is 0 Å². The fourth-order valence-electron chi connectivity index (χ4n) is 1.39. The first-order valence-corrected chi connectivity index (χ1v) is 5.89. The highest BCUT2D eigenvalue weighted by atomic mass is 32.1. The van der Waals surface area contributed by atoms with Crippen molar-refractivity contribution in [2.75, 3.05) is 25.6 Å². The third-order valence-corrected chi connectivity index (χ3v) is 3.19. The van der Waals surface area contributed by atoms with Gasteiger partial charge in [0.25, 0.3) is 0 Å². The number of nitrogens with zero attached hydrogens (tertiary/aromatic N) is 1. The number of hydrogen-bond donors (Lipinski definition) is 2. The first kappa shape index (κ1) is 11.8. The predicted octanol–water partition coefficient (Wildman–Crippen LogP) is 2.05. The molecule has 5 nitrogen and oxygen atoms in total. The maximum Gasteiger partial charge on any atom is 0.335 e. The zero-order chi connectivity index (χ0) is 12.3. The van der Waals surface area contributed by atoms with E-state index in [9.17, 15) is 4.79 Å². The fraction of sp³-hybridized carbons (Fsp3) is 0.273. The molecule has 1 aromatic heterocycles. The summed E-state index contributed by atoms with van der Waals surface area (Å²) in [5.41, 5.74) is 1.09. The van der Waals surface area contributed by atoms with Crippen LogP contribution in [-0.4, -0.2) is 36.3 Å². The Bertz CT molecular complexity index is 538. The van der Waals surface area contributed by atoms with Gasteiger partial charge in [-0.05, 0) is 18.2 Å². The van der Waals surface area contributed by atoms with E-state index in [1.807, 2.05) is 0 Å². The van der Waals surface area contributed by atoms with E-state index < -0.39 is 5.97 Å². The van der Waals surface area contributed by atoms with Gasteiger partial charge in [-0.2, -0.15) is 0 Å². The van der Waals surface area contributed by atoms with Crippen LogP contribution < -0.4 is 5.32 Å². The van der Waals surface area contributed by atoms with Crippen LogP contribution in [0.1, 0.15) is 10.4 Å². The number of aromatic carboxylic acids is 1. The van der Waals surface area contributed by atoms with Crippen molar-refractivity contribution in [2.24, 2.45) is 0 Å². The molecule has 0 saturated heterocycles. The Balaban J connectivity index is 2.21. The molecule has 0 spiro atoms. The molecule has 0 aliphatic heterocycles. The van der Waals surface area contributed by atoms with Gasteiger partial charge in [0.2, 0.25) is 0 Å². The molecule has 2 aromatic rings. The van der Waals surface area contributed by atoms with E-state index in [1.165, 1.54) is 11.3 Å². The molecule has 6 heteroatoms. The summed E-state index contributed by atoms with van der Waals surface area (Å²) in [6.07, 6.45) is 0. The molecule has 1 aromatic carbocycles. The Hall–Kier alpha value is -1.66. The van der Waals surface area contributed by atoms with Crippen molar-refractivity contribution in [2.45, 2.75) is 0 Å². The molecule has 0 unspecified atom stereocenters. The zero-order valence-corrected chi connectivity index (χ0v) is 10.1. The summed E-state index contributed by atoms with van der Waals surface area (Å²) in [7, 11) is 1.64. The number of carbonyl (C=O) groups is 1. The molecule has 90 valence electrons. The van der Waals surface area contributed by atoms with Crippen LogP contribution in [0, 0.1) is 0 Å². The van der Waals surface area contributed by atoms with Crippen LogP contribution in [-0.2, 0) is 4.74 Å². The first-order valence-electron chi connectivity index (χ1n) is 5.07. The third kappa shape index (κ3) is 2.72. The lowest BCUT2D eigenvalue weighted by atomic mass is 10.2. The smallest absolute Gasteiger partial charge is 0.335 e. The quantitative estimate of drug-likeness (QED) is 0.797. The number of carboxylic acid groups (broad SMARTS) is 1. The maximum atomic E-state index is 10.8. The molecule has 2 N–H and O–H groups in total. The number of anilines is 1. The van der Waals surface area contributed by atoms with Crippen LogP contribution in [0.15, 0.2) is 18.2 Å². The Kier molecular flexibility index (Phi) is 3.55. The summed E-state index contributed by atoms with van der Waals surface area (Å²) in [5, 5.41) is 12.8. The monoisotopic (exact) mass is 252 g/mol. The maximum absolute atomic E-state index is 10.8. The minimum atomic E-state index is -0.922. The van der Waals surface area contributed by atoms with E-state index in [0.717, 1.165) is 15.3 Å². The number of rotatable bonds is 5. The first-order chi connectivity index (χ1) is 8.20. The van der Waals surface area contributed by atoms with Crippen molar-refractivity contribution >= 4 is 32.7 Å². The van der Waals surface area contributed by atoms with Gasteiger partial charge in [-0.3, -0.25) is 0 Å². The van der Waals surface area contributed by atoms with Gasteiger partial charge >= 0.3 is 5.97 Å². The van der Waals surface area contributed by atoms with Crippen LogP contribution in [0.25, 0.3) is 10.2 Å². The highest BCUT2D eigenvalue weighted by Crippen LogP contribution is 2.26. The molecule has 0 amide bonds. The number of thiazole rings is 1. The summed E-state index contributed by atoms with van der Waals surface area (Å²) >= 11 is 1.44. The minimum absolute atomic E-state index is 0.282. The number of methoxy groups -OCH3 is 1. The number of aromatic nitrogens is 1. The van der Waals surface area contributed by atoms with Crippen molar-refractivity contribution in [1.29, 1.82) is 0 Å². The Labute approximate surface area is 102 Å². The van der Waals surface area contributed by atoms with E-state index in [1.54, 1.807) is 25.3 Å². The van der Waals surface area contributed by atoms with Crippen LogP contribution in [0.5, 0.6) is 0 Å². The molecule has 17 heavy (non-hydrogen) atoms. The summed E-state index contributed by atoms with van der Waals surface area (Å²) in [6, 6.07) is 4.91. The van der Waals surface area contributed by atoms with E-state index in [-0.39, 0.29) is 5.56 Å². The van der Waals surface area contributed by atoms with Crippen molar-refractivity contribution < 1.29 is 14.6 Å². The molecule has 0 aliphatic carbocycles. The van der Waals surface area contributed by atoms with Crippen LogP contribution >= 0.6 is 11.3 Å². The van der Waals surface area contributed by atoms with Gasteiger partial charge in [0.05, 0.1) is 22.4 Å². The normalized spacial score (nSPS) is 10.6. The number of fused-ring (bicyclic) bond motifs is 1. The number of nitrogens with one attached hydrogen (secondary N) is 1. The van der Waals surface area contributed by atoms with Crippen LogP contribution in [0.2, 0.25) is 0 Å². The van der Waals surface area contributed by atoms with Gasteiger partial charge < -0.3 is 15.2 Å². The van der Waals surface area contributed by atoms with E-state index in [0.29, 0.717) is 13.2 Å². The lowest BCUT2D eigenvalue weighted by Gasteiger charge is -1.99. The molecule has 0 atom stereocenters. The lowest BCUT2D eigenvalue weighted by molar-refractivity contribution is 0.0697. The van der Waals surface area contributed by atoms with Gasteiger partial charge in [0, 0.05) is 13.7 Å². The Morgan fingerprint density at radius 3 is 3.12 bits per heavy atom. The van der Waals surface area contributed by atoms with Crippen molar-refractivity contribution in [3.63, 3.8) is 0 Å². The number of carboxylic acids is 1. The molecular formula is C11H12N2O3S. The van der Waals surface area contributed by atoms with Gasteiger partial charge in [-0.1, -0.05) is 11.3 Å². The second kappa shape index (κ2) is 5.11. The van der Waals surface area contributed by atoms with Gasteiger partial charge in [0.1, 0.15) is 0 Å². The number of hydrogen-bond acceptors (Lipinski definition) is 5. The summed E-state index contributed by atoms with van der Waals surface area (Å²) in [6.45, 7) is 1.29. The summed E-state index contributed by atoms with van der Waals surface area (Å²) in [4.78, 5) is 15.2. The second-order valence-electron chi connectivity index (χ2n) is 3.43. The number of benzene rings is 1. The molecule has 0 aliphatic rings. The largest absolute Gasteiger partial charge is 0.478 e. The molecule has 2 rings (SSSR count). The van der Waals surface area contributed by atoms with Crippen LogP contribution in [0.3, 0.4) is 0 Å². The van der Waals surface area contributed by atoms with Gasteiger partial charge in [0.15, 0.2) is 5.13 Å². The second-order valence-corrected chi connectivity index (χ2v) is 4.46. The number of ether oxygens (including phenoxy) is 1. The lowest BCUT2D eigenvalue weighted by Crippen LogP contribution is -2.06. The summed E-state index contributed by atoms with van der Waals surface area (Å²) in [5.74, 6) is -0.922. The van der Waals surface area contributed by atoms with Gasteiger partial charge in [-0.25, -0.2) is 9.78 Å². The van der Waals surface area contributed by atoms with Crippen molar-refractivity contribution in [3.8, 4) is 0 Å². The average Bonchev–Trinajstić information content (AvgIpc) is 2.70. The molecule has 1 heterocycles. The minimum Gasteiger partial charge on any atom is -0.478 e. The molecule has 0 bridgehead atoms. The van der Waals surface area contributed by atoms with Crippen molar-refractivity contribution in [1.82, 2.24) is 4.98 Å². The van der Waals surface area contributed by atoms with Crippen LogP contribution in [0.4, 0.5) is 5.13 Å². The summed E-state index contributed by atoms with van der Waals surface area (Å²) < 4.78 is 5.79. The Morgan fingerprint density at radius 1 is 1.59 bits per heavy atom. The average molecular weight is 252 g/mol. The topological polar surface area (TPSA) is 71.5 Å². The van der Waals surface area contributed by atoms with E-state index in [4.69, 9.17) is 9.84 Å². The Morgan fingerprint density at radius 2 is 2.41 bits per heavy atom. The van der Waals surface area contributed by atoms with E-state index in [2.05, 4.69) is 10.3 Å². The van der Waals surface area contributed by atoms with Gasteiger partial charge in [-0.15, -0.1) is 0 Å². The molecule has 0 fully saturated rings. The predicted molar refractivity (Wildman–Crippen MR) is 66.9 cm³/mol.